The normalized spacial score (nSPS) is 25.6. The largest absolute Gasteiger partial charge is 0.350 e. The highest BCUT2D eigenvalue weighted by Crippen LogP contribution is 2.31. The van der Waals surface area contributed by atoms with Crippen LogP contribution in [0.15, 0.2) is 11.5 Å². The summed E-state index contributed by atoms with van der Waals surface area (Å²) in [4.78, 5) is 12.1. The van der Waals surface area contributed by atoms with Gasteiger partial charge >= 0.3 is 0 Å². The van der Waals surface area contributed by atoms with Gasteiger partial charge in [0, 0.05) is 35.7 Å². The van der Waals surface area contributed by atoms with Crippen molar-refractivity contribution in [2.45, 2.75) is 45.2 Å². The monoisotopic (exact) mass is 306 g/mol. The van der Waals surface area contributed by atoms with Gasteiger partial charge in [-0.3, -0.25) is 4.79 Å². The molecule has 1 rings (SSSR count). The third kappa shape index (κ3) is 5.20. The summed E-state index contributed by atoms with van der Waals surface area (Å²) in [5.41, 5.74) is -0.647. The van der Waals surface area contributed by atoms with Crippen LogP contribution < -0.4 is 5.32 Å². The minimum absolute atomic E-state index is 0.156. The number of hydrogen-bond acceptors (Lipinski definition) is 4. The van der Waals surface area contributed by atoms with Crippen molar-refractivity contribution in [1.82, 2.24) is 10.4 Å². The van der Waals surface area contributed by atoms with Crippen LogP contribution in [0.5, 0.6) is 0 Å². The van der Waals surface area contributed by atoms with Crippen LogP contribution in [-0.2, 0) is 14.6 Å². The van der Waals surface area contributed by atoms with Gasteiger partial charge in [-0.15, -0.1) is 9.60 Å². The van der Waals surface area contributed by atoms with Crippen LogP contribution in [-0.4, -0.2) is 43.8 Å². The van der Waals surface area contributed by atoms with E-state index in [1.54, 1.807) is 20.8 Å². The van der Waals surface area contributed by atoms with Gasteiger partial charge < -0.3 is 5.32 Å². The molecule has 0 aliphatic carbocycles. The Morgan fingerprint density at radius 1 is 1.50 bits per heavy atom. The summed E-state index contributed by atoms with van der Waals surface area (Å²) in [5, 5.41) is 4.59. The Balaban J connectivity index is 2.57. The molecule has 7 heteroatoms. The minimum atomic E-state index is -3.19. The molecule has 1 heterocycles. The second-order valence-electron chi connectivity index (χ2n) is 6.04. The highest BCUT2D eigenvalue weighted by molar-refractivity contribution is 7.93. The molecule has 5 nitrogen and oxygen atoms in total. The number of hydrogen-bond donors (Lipinski definition) is 1. The summed E-state index contributed by atoms with van der Waals surface area (Å²) in [6.07, 6.45) is 3.44. The van der Waals surface area contributed by atoms with Gasteiger partial charge in [-0.2, -0.15) is 0 Å². The summed E-state index contributed by atoms with van der Waals surface area (Å²) < 4.78 is 35.5. The average molecular weight is 306 g/mol. The average Bonchev–Trinajstić information content (AvgIpc) is 2.29. The molecule has 1 N–H and O–H groups in total. The first-order valence-electron chi connectivity index (χ1n) is 6.63. The molecule has 1 saturated heterocycles. The van der Waals surface area contributed by atoms with Crippen molar-refractivity contribution < 1.29 is 17.7 Å². The summed E-state index contributed by atoms with van der Waals surface area (Å²) >= 11 is 0. The van der Waals surface area contributed by atoms with Crippen molar-refractivity contribution in [3.8, 4) is 0 Å². The van der Waals surface area contributed by atoms with Crippen molar-refractivity contribution in [1.29, 1.82) is 0 Å². The number of piperidine rings is 1. The first kappa shape index (κ1) is 17.1. The Hall–Kier alpha value is -0.950. The van der Waals surface area contributed by atoms with E-state index in [4.69, 9.17) is 0 Å². The molecule has 1 aliphatic rings. The molecule has 1 fully saturated rings. The van der Waals surface area contributed by atoms with E-state index in [-0.39, 0.29) is 24.4 Å². The second kappa shape index (κ2) is 6.22. The van der Waals surface area contributed by atoms with E-state index in [0.29, 0.717) is 12.8 Å². The van der Waals surface area contributed by atoms with Crippen molar-refractivity contribution in [3.05, 3.63) is 11.5 Å². The Labute approximate surface area is 120 Å². The van der Waals surface area contributed by atoms with E-state index in [0.717, 1.165) is 16.8 Å². The van der Waals surface area contributed by atoms with Crippen molar-refractivity contribution in [3.63, 3.8) is 0 Å². The first-order valence-corrected chi connectivity index (χ1v) is 8.59. The smallest absolute Gasteiger partial charge is 0.223 e. The lowest BCUT2D eigenvalue weighted by atomic mass is 9.83. The molecule has 0 bridgehead atoms. The van der Waals surface area contributed by atoms with Crippen LogP contribution in [0.3, 0.4) is 0 Å². The molecule has 0 spiro atoms. The molecule has 0 radical (unpaired) electrons. The number of amides is 1. The molecule has 0 saturated carbocycles. The fourth-order valence-electron chi connectivity index (χ4n) is 2.25. The highest BCUT2D eigenvalue weighted by atomic mass is 32.2. The highest BCUT2D eigenvalue weighted by Gasteiger charge is 2.38. The van der Waals surface area contributed by atoms with Crippen LogP contribution in [0.25, 0.3) is 0 Å². The molecule has 1 amide bonds. The molecule has 20 heavy (non-hydrogen) atoms. The van der Waals surface area contributed by atoms with E-state index in [2.05, 4.69) is 5.32 Å². The third-order valence-electron chi connectivity index (χ3n) is 3.43. The number of nitrogens with one attached hydrogen (secondary N) is 1. The molecule has 1 aliphatic heterocycles. The molecular formula is C13H23FN2O3S. The Morgan fingerprint density at radius 3 is 2.60 bits per heavy atom. The van der Waals surface area contributed by atoms with E-state index < -0.39 is 15.4 Å². The zero-order chi connectivity index (χ0) is 15.6. The van der Waals surface area contributed by atoms with Gasteiger partial charge in [0.2, 0.25) is 5.91 Å². The third-order valence-corrected chi connectivity index (χ3v) is 4.08. The lowest BCUT2D eigenvalue weighted by molar-refractivity contribution is -0.138. The standard InChI is InChI=1S/C13H23FN2O3S/c1-10(6-8-20(4,18)19)15-12(17)11-5-7-16(14)13(2,3)9-11/h6,8,10-11H,5,7,9H2,1-4H3,(H,15,17)/b8-6-/t10-,11?/m1/s1. The van der Waals surface area contributed by atoms with E-state index in [1.165, 1.54) is 6.08 Å². The summed E-state index contributed by atoms with van der Waals surface area (Å²) in [5.74, 6) is -0.400. The van der Waals surface area contributed by atoms with Gasteiger partial charge in [0.05, 0.1) is 0 Å². The molecule has 0 aromatic carbocycles. The van der Waals surface area contributed by atoms with Crippen molar-refractivity contribution in [2.75, 3.05) is 12.8 Å². The molecule has 2 atom stereocenters. The second-order valence-corrected chi connectivity index (χ2v) is 7.97. The SMILES string of the molecule is C[C@H](/C=C\S(C)(=O)=O)NC(=O)C1CCN(F)C(C)(C)C1. The van der Waals surface area contributed by atoms with E-state index in [1.807, 2.05) is 0 Å². The van der Waals surface area contributed by atoms with Crippen LogP contribution in [0.2, 0.25) is 0 Å². The maximum absolute atomic E-state index is 13.5. The number of carbonyl (C=O) groups excluding carboxylic acids is 1. The molecule has 0 aromatic rings. The van der Waals surface area contributed by atoms with E-state index >= 15 is 0 Å². The Kier molecular flexibility index (Phi) is 5.32. The number of carbonyl (C=O) groups is 1. The predicted molar refractivity (Wildman–Crippen MR) is 76.2 cm³/mol. The van der Waals surface area contributed by atoms with Crippen LogP contribution >= 0.6 is 0 Å². The molecule has 1 unspecified atom stereocenters. The number of nitrogens with zero attached hydrogens (tertiary/aromatic N) is 1. The minimum Gasteiger partial charge on any atom is -0.350 e. The van der Waals surface area contributed by atoms with Crippen LogP contribution in [0, 0.1) is 5.92 Å². The summed E-state index contributed by atoms with van der Waals surface area (Å²) in [6, 6.07) is -0.372. The number of rotatable bonds is 4. The van der Waals surface area contributed by atoms with E-state index in [9.17, 15) is 17.7 Å². The first-order chi connectivity index (χ1) is 9.01. The zero-order valence-corrected chi connectivity index (χ0v) is 13.2. The van der Waals surface area contributed by atoms with Gasteiger partial charge in [-0.05, 0) is 33.6 Å². The van der Waals surface area contributed by atoms with Crippen LogP contribution in [0.1, 0.15) is 33.6 Å². The van der Waals surface area contributed by atoms with Gasteiger partial charge in [-0.25, -0.2) is 8.42 Å². The van der Waals surface area contributed by atoms with Gasteiger partial charge in [-0.1, -0.05) is 6.08 Å². The Morgan fingerprint density at radius 2 is 2.10 bits per heavy atom. The lowest BCUT2D eigenvalue weighted by Gasteiger charge is -2.39. The van der Waals surface area contributed by atoms with Gasteiger partial charge in [0.1, 0.15) is 0 Å². The summed E-state index contributed by atoms with van der Waals surface area (Å²) in [7, 11) is -3.19. The molecular weight excluding hydrogens is 283 g/mol. The van der Waals surface area contributed by atoms with Crippen molar-refractivity contribution in [2.24, 2.45) is 5.92 Å². The number of sulfone groups is 1. The maximum atomic E-state index is 13.5. The van der Waals surface area contributed by atoms with Gasteiger partial charge in [0.15, 0.2) is 9.84 Å². The number of halogens is 1. The topological polar surface area (TPSA) is 66.5 Å². The quantitative estimate of drug-likeness (QED) is 0.798. The summed E-state index contributed by atoms with van der Waals surface area (Å²) in [6.45, 7) is 5.46. The molecule has 116 valence electrons. The fourth-order valence-corrected chi connectivity index (χ4v) is 2.77. The predicted octanol–water partition coefficient (Wildman–Crippen LogP) is 1.42. The zero-order valence-electron chi connectivity index (χ0n) is 12.4. The lowest BCUT2D eigenvalue weighted by Crippen LogP contribution is -2.49. The Bertz CT molecular complexity index is 488. The molecule has 0 aromatic heterocycles. The van der Waals surface area contributed by atoms with Crippen molar-refractivity contribution >= 4 is 15.7 Å². The fraction of sp³-hybridized carbons (Fsp3) is 0.769. The van der Waals surface area contributed by atoms with Gasteiger partial charge in [0.25, 0.3) is 0 Å². The maximum Gasteiger partial charge on any atom is 0.223 e. The van der Waals surface area contributed by atoms with Crippen LogP contribution in [0.4, 0.5) is 4.48 Å².